The molecule has 0 saturated heterocycles. The Morgan fingerprint density at radius 2 is 2.24 bits per heavy atom. The number of non-ortho nitro benzene ring substituents is 1. The van der Waals surface area contributed by atoms with Crippen LogP contribution in [-0.2, 0) is 6.61 Å². The molecule has 7 nitrogen and oxygen atoms in total. The van der Waals surface area contributed by atoms with Crippen LogP contribution < -0.4 is 14.8 Å². The van der Waals surface area contributed by atoms with Crippen LogP contribution in [-0.4, -0.2) is 23.6 Å². The highest BCUT2D eigenvalue weighted by Gasteiger charge is 2.13. The summed E-state index contributed by atoms with van der Waals surface area (Å²) in [7, 11) is 1.49. The second-order valence-electron chi connectivity index (χ2n) is 4.04. The fourth-order valence-electron chi connectivity index (χ4n) is 1.65. The number of aromatic nitrogens is 1. The van der Waals surface area contributed by atoms with E-state index in [1.165, 1.54) is 36.6 Å². The van der Waals surface area contributed by atoms with E-state index < -0.39 is 4.92 Å². The van der Waals surface area contributed by atoms with E-state index in [-0.39, 0.29) is 12.3 Å². The lowest BCUT2D eigenvalue weighted by atomic mass is 10.3. The number of anilines is 1. The molecule has 0 fully saturated rings. The molecule has 0 saturated carbocycles. The molecule has 1 aromatic heterocycles. The van der Waals surface area contributed by atoms with Gasteiger partial charge in [0.25, 0.3) is 5.69 Å². The van der Waals surface area contributed by atoms with Gasteiger partial charge in [-0.3, -0.25) is 10.1 Å². The van der Waals surface area contributed by atoms with Crippen LogP contribution in [0.2, 0.25) is 0 Å². The predicted octanol–water partition coefficient (Wildman–Crippen LogP) is 3.07. The van der Waals surface area contributed by atoms with E-state index in [0.29, 0.717) is 11.5 Å². The number of nitro groups is 1. The Morgan fingerprint density at radius 1 is 1.43 bits per heavy atom. The van der Waals surface area contributed by atoms with Crippen molar-refractivity contribution in [3.63, 3.8) is 0 Å². The van der Waals surface area contributed by atoms with Gasteiger partial charge in [0.05, 0.1) is 23.0 Å². The summed E-state index contributed by atoms with van der Waals surface area (Å²) in [4.78, 5) is 15.4. The van der Waals surface area contributed by atoms with Crippen LogP contribution in [0.25, 0.3) is 0 Å². The molecule has 2 aromatic rings. The van der Waals surface area contributed by atoms with Crippen molar-refractivity contribution in [1.82, 2.24) is 4.98 Å². The summed E-state index contributed by atoms with van der Waals surface area (Å²) in [6.45, 7) is 3.07. The summed E-state index contributed by atoms with van der Waals surface area (Å²) in [6, 6.07) is 4.25. The SMILES string of the molecule is CCNc1ncc(COc2cc([N+](=O)[O-])ccc2OC)s1. The molecule has 0 spiro atoms. The number of nitrogens with zero attached hydrogens (tertiary/aromatic N) is 2. The molecule has 0 radical (unpaired) electrons. The highest BCUT2D eigenvalue weighted by atomic mass is 32.1. The van der Waals surface area contributed by atoms with Gasteiger partial charge in [-0.25, -0.2) is 4.98 Å². The molecular formula is C13H15N3O4S. The van der Waals surface area contributed by atoms with Crippen LogP contribution in [0.15, 0.2) is 24.4 Å². The lowest BCUT2D eigenvalue weighted by Gasteiger charge is -2.09. The second-order valence-corrected chi connectivity index (χ2v) is 5.16. The first-order valence-corrected chi connectivity index (χ1v) is 7.09. The molecule has 0 aliphatic heterocycles. The Labute approximate surface area is 125 Å². The summed E-state index contributed by atoms with van der Waals surface area (Å²) in [5.41, 5.74) is -0.0385. The average molecular weight is 309 g/mol. The molecule has 1 heterocycles. The van der Waals surface area contributed by atoms with Crippen LogP contribution in [0, 0.1) is 10.1 Å². The zero-order valence-electron chi connectivity index (χ0n) is 11.7. The summed E-state index contributed by atoms with van der Waals surface area (Å²) >= 11 is 1.48. The van der Waals surface area contributed by atoms with Crippen molar-refractivity contribution in [2.45, 2.75) is 13.5 Å². The first-order valence-electron chi connectivity index (χ1n) is 6.27. The minimum absolute atomic E-state index is 0.0385. The van der Waals surface area contributed by atoms with Crippen LogP contribution >= 0.6 is 11.3 Å². The minimum Gasteiger partial charge on any atom is -0.493 e. The first-order chi connectivity index (χ1) is 10.1. The van der Waals surface area contributed by atoms with Crippen LogP contribution in [0.4, 0.5) is 10.8 Å². The van der Waals surface area contributed by atoms with Crippen molar-refractivity contribution >= 4 is 22.2 Å². The van der Waals surface area contributed by atoms with E-state index in [9.17, 15) is 10.1 Å². The van der Waals surface area contributed by atoms with Gasteiger partial charge in [-0.15, -0.1) is 0 Å². The molecule has 2 rings (SSSR count). The lowest BCUT2D eigenvalue weighted by molar-refractivity contribution is -0.385. The Morgan fingerprint density at radius 3 is 2.90 bits per heavy atom. The summed E-state index contributed by atoms with van der Waals surface area (Å²) in [5.74, 6) is 0.794. The van der Waals surface area contributed by atoms with Crippen molar-refractivity contribution < 1.29 is 14.4 Å². The Balaban J connectivity index is 2.10. The summed E-state index contributed by atoms with van der Waals surface area (Å²) in [5, 5.41) is 14.7. The van der Waals surface area contributed by atoms with Crippen molar-refractivity contribution in [3.05, 3.63) is 39.4 Å². The molecule has 0 aliphatic rings. The topological polar surface area (TPSA) is 86.5 Å². The van der Waals surface area contributed by atoms with E-state index >= 15 is 0 Å². The number of hydrogen-bond acceptors (Lipinski definition) is 7. The smallest absolute Gasteiger partial charge is 0.273 e. The molecular weight excluding hydrogens is 294 g/mol. The number of rotatable bonds is 7. The van der Waals surface area contributed by atoms with Crippen molar-refractivity contribution in [2.24, 2.45) is 0 Å². The molecule has 1 N–H and O–H groups in total. The quantitative estimate of drug-likeness (QED) is 0.625. The van der Waals surface area contributed by atoms with Gasteiger partial charge < -0.3 is 14.8 Å². The van der Waals surface area contributed by atoms with Crippen molar-refractivity contribution in [2.75, 3.05) is 19.0 Å². The third-order valence-corrected chi connectivity index (χ3v) is 3.54. The molecule has 8 heteroatoms. The number of hydrogen-bond donors (Lipinski definition) is 1. The number of nitro benzene ring substituents is 1. The minimum atomic E-state index is -0.470. The number of methoxy groups -OCH3 is 1. The number of thiazole rings is 1. The summed E-state index contributed by atoms with van der Waals surface area (Å²) in [6.07, 6.45) is 1.71. The van der Waals surface area contributed by atoms with Crippen molar-refractivity contribution in [1.29, 1.82) is 0 Å². The second kappa shape index (κ2) is 6.89. The van der Waals surface area contributed by atoms with E-state index in [1.54, 1.807) is 6.20 Å². The number of benzene rings is 1. The molecule has 112 valence electrons. The summed E-state index contributed by atoms with van der Waals surface area (Å²) < 4.78 is 10.7. The van der Waals surface area contributed by atoms with Gasteiger partial charge in [-0.2, -0.15) is 0 Å². The van der Waals surface area contributed by atoms with Gasteiger partial charge in [0, 0.05) is 18.8 Å². The maximum absolute atomic E-state index is 10.8. The first kappa shape index (κ1) is 15.0. The zero-order valence-corrected chi connectivity index (χ0v) is 12.5. The third kappa shape index (κ3) is 3.82. The van der Waals surface area contributed by atoms with E-state index in [1.807, 2.05) is 6.92 Å². The predicted molar refractivity (Wildman–Crippen MR) is 80.3 cm³/mol. The Hall–Kier alpha value is -2.35. The molecule has 0 unspecified atom stereocenters. The Kier molecular flexibility index (Phi) is 4.94. The standard InChI is InChI=1S/C13H15N3O4S/c1-3-14-13-15-7-10(21-13)8-20-12-6-9(16(17)18)4-5-11(12)19-2/h4-7H,3,8H2,1-2H3,(H,14,15). The van der Waals surface area contributed by atoms with Crippen molar-refractivity contribution in [3.8, 4) is 11.5 Å². The lowest BCUT2D eigenvalue weighted by Crippen LogP contribution is -1.97. The maximum Gasteiger partial charge on any atom is 0.273 e. The fourth-order valence-corrected chi connectivity index (χ4v) is 2.44. The fraction of sp³-hybridized carbons (Fsp3) is 0.308. The normalized spacial score (nSPS) is 10.2. The van der Waals surface area contributed by atoms with Gasteiger partial charge in [-0.05, 0) is 13.0 Å². The average Bonchev–Trinajstić information content (AvgIpc) is 2.92. The van der Waals surface area contributed by atoms with Crippen LogP contribution in [0.3, 0.4) is 0 Å². The number of nitrogens with one attached hydrogen (secondary N) is 1. The van der Waals surface area contributed by atoms with Gasteiger partial charge in [0.2, 0.25) is 0 Å². The number of ether oxygens (including phenoxy) is 2. The van der Waals surface area contributed by atoms with E-state index in [2.05, 4.69) is 10.3 Å². The van der Waals surface area contributed by atoms with E-state index in [0.717, 1.165) is 16.6 Å². The van der Waals surface area contributed by atoms with E-state index in [4.69, 9.17) is 9.47 Å². The third-order valence-electron chi connectivity index (χ3n) is 2.61. The maximum atomic E-state index is 10.8. The molecule has 0 bridgehead atoms. The molecule has 21 heavy (non-hydrogen) atoms. The van der Waals surface area contributed by atoms with Gasteiger partial charge in [-0.1, -0.05) is 11.3 Å². The Bertz CT molecular complexity index is 630. The molecule has 1 aromatic carbocycles. The molecule has 0 amide bonds. The van der Waals surface area contributed by atoms with Gasteiger partial charge in [0.1, 0.15) is 6.61 Å². The monoisotopic (exact) mass is 309 g/mol. The zero-order chi connectivity index (χ0) is 15.2. The highest BCUT2D eigenvalue weighted by molar-refractivity contribution is 7.15. The van der Waals surface area contributed by atoms with Crippen LogP contribution in [0.1, 0.15) is 11.8 Å². The largest absolute Gasteiger partial charge is 0.493 e. The molecule has 0 atom stereocenters. The van der Waals surface area contributed by atoms with Gasteiger partial charge in [0.15, 0.2) is 16.6 Å². The highest BCUT2D eigenvalue weighted by Crippen LogP contribution is 2.32. The molecule has 0 aliphatic carbocycles. The van der Waals surface area contributed by atoms with Gasteiger partial charge >= 0.3 is 0 Å². The van der Waals surface area contributed by atoms with Crippen LogP contribution in [0.5, 0.6) is 11.5 Å².